The zero-order valence-electron chi connectivity index (χ0n) is 19.2. The fourth-order valence-corrected chi connectivity index (χ4v) is 3.25. The van der Waals surface area contributed by atoms with Crippen molar-refractivity contribution >= 4 is 0 Å². The largest absolute Gasteiger partial charge is 0.491 e. The Morgan fingerprint density at radius 1 is 0.844 bits per heavy atom. The van der Waals surface area contributed by atoms with Crippen LogP contribution in [0.5, 0.6) is 5.75 Å². The summed E-state index contributed by atoms with van der Waals surface area (Å²) < 4.78 is 50.0. The number of unbranched alkanes of at least 4 members (excludes halogenated alkanes) is 6. The highest BCUT2D eigenvalue weighted by Crippen LogP contribution is 2.25. The molecule has 1 aromatic carbocycles. The van der Waals surface area contributed by atoms with E-state index in [1.54, 1.807) is 24.3 Å². The summed E-state index contributed by atoms with van der Waals surface area (Å²) in [6.45, 7) is 3.75. The van der Waals surface area contributed by atoms with Gasteiger partial charge in [-0.15, -0.1) is 0 Å². The van der Waals surface area contributed by atoms with E-state index in [0.29, 0.717) is 18.0 Å². The highest BCUT2D eigenvalue weighted by molar-refractivity contribution is 5.55. The van der Waals surface area contributed by atoms with Crippen molar-refractivity contribution < 1.29 is 22.6 Å². The Kier molecular flexibility index (Phi) is 11.5. The molecule has 0 aliphatic rings. The van der Waals surface area contributed by atoms with E-state index in [1.807, 2.05) is 12.4 Å². The van der Waals surface area contributed by atoms with Gasteiger partial charge in [0.25, 0.3) is 0 Å². The van der Waals surface area contributed by atoms with Crippen LogP contribution in [-0.4, -0.2) is 35.5 Å². The monoisotopic (exact) mass is 452 g/mol. The standard InChI is InChI=1S/C25H35F3N2O2/c1-3-5-7-9-11-20-17-29-24(30-18-20)21-12-14-22(15-13-21)32-19-23(25(26,27)28)31-16-10-8-6-4-2/h12-15,17-18,23H,3-11,16,19H2,1-2H3. The molecule has 0 saturated heterocycles. The van der Waals surface area contributed by atoms with Crippen molar-refractivity contribution in [3.8, 4) is 17.1 Å². The molecule has 2 rings (SSSR count). The summed E-state index contributed by atoms with van der Waals surface area (Å²) in [5.74, 6) is 0.933. The third kappa shape index (κ3) is 9.55. The molecule has 1 atom stereocenters. The average Bonchev–Trinajstić information content (AvgIpc) is 2.78. The van der Waals surface area contributed by atoms with Crippen LogP contribution in [0.3, 0.4) is 0 Å². The average molecular weight is 453 g/mol. The molecule has 0 spiro atoms. The number of benzene rings is 1. The van der Waals surface area contributed by atoms with E-state index in [1.165, 1.54) is 19.3 Å². The van der Waals surface area contributed by atoms with Gasteiger partial charge in [0.15, 0.2) is 11.9 Å². The highest BCUT2D eigenvalue weighted by atomic mass is 19.4. The summed E-state index contributed by atoms with van der Waals surface area (Å²) in [7, 11) is 0. The first-order chi connectivity index (χ1) is 15.4. The molecule has 0 radical (unpaired) electrons. The number of nitrogens with zero attached hydrogens (tertiary/aromatic N) is 2. The Hall–Kier alpha value is -2.15. The van der Waals surface area contributed by atoms with Gasteiger partial charge in [0.2, 0.25) is 0 Å². The van der Waals surface area contributed by atoms with E-state index in [0.717, 1.165) is 43.2 Å². The molecule has 4 nitrogen and oxygen atoms in total. The van der Waals surface area contributed by atoms with Gasteiger partial charge in [-0.3, -0.25) is 0 Å². The van der Waals surface area contributed by atoms with Crippen molar-refractivity contribution in [2.75, 3.05) is 13.2 Å². The predicted octanol–water partition coefficient (Wildman–Crippen LogP) is 7.17. The highest BCUT2D eigenvalue weighted by Gasteiger charge is 2.41. The minimum atomic E-state index is -4.46. The summed E-state index contributed by atoms with van der Waals surface area (Å²) in [6.07, 6.45) is 6.53. The molecule has 0 amide bonds. The third-order valence-corrected chi connectivity index (χ3v) is 5.22. The smallest absolute Gasteiger partial charge is 0.417 e. The van der Waals surface area contributed by atoms with E-state index < -0.39 is 18.9 Å². The summed E-state index contributed by atoms with van der Waals surface area (Å²) in [5, 5.41) is 0. The molecular weight excluding hydrogens is 417 g/mol. The number of alkyl halides is 3. The minimum absolute atomic E-state index is 0.0818. The number of ether oxygens (including phenoxy) is 2. The van der Waals surface area contributed by atoms with Crippen LogP contribution in [0.2, 0.25) is 0 Å². The quantitative estimate of drug-likeness (QED) is 0.269. The van der Waals surface area contributed by atoms with Gasteiger partial charge in [-0.2, -0.15) is 13.2 Å². The SMILES string of the molecule is CCCCCCOC(COc1ccc(-c2ncc(CCCCCC)cn2)cc1)C(F)(F)F. The van der Waals surface area contributed by atoms with E-state index in [4.69, 9.17) is 9.47 Å². The summed E-state index contributed by atoms with van der Waals surface area (Å²) in [4.78, 5) is 8.84. The first-order valence-corrected chi connectivity index (χ1v) is 11.7. The van der Waals surface area contributed by atoms with Crippen LogP contribution < -0.4 is 4.74 Å². The zero-order chi connectivity index (χ0) is 23.2. The number of halogens is 3. The molecule has 0 saturated carbocycles. The number of rotatable bonds is 15. The van der Waals surface area contributed by atoms with Crippen molar-refractivity contribution in [2.45, 2.75) is 83.9 Å². The molecule has 1 heterocycles. The van der Waals surface area contributed by atoms with Crippen LogP contribution in [0.1, 0.15) is 70.8 Å². The lowest BCUT2D eigenvalue weighted by atomic mass is 10.1. The lowest BCUT2D eigenvalue weighted by molar-refractivity contribution is -0.227. The second kappa shape index (κ2) is 14.1. The van der Waals surface area contributed by atoms with Crippen LogP contribution in [0.15, 0.2) is 36.7 Å². The molecule has 2 aromatic rings. The first-order valence-electron chi connectivity index (χ1n) is 11.7. The summed E-state index contributed by atoms with van der Waals surface area (Å²) >= 11 is 0. The molecule has 0 fully saturated rings. The van der Waals surface area contributed by atoms with Crippen molar-refractivity contribution in [2.24, 2.45) is 0 Å². The zero-order valence-corrected chi connectivity index (χ0v) is 19.2. The molecular formula is C25H35F3N2O2. The van der Waals surface area contributed by atoms with Gasteiger partial charge in [0.05, 0.1) is 0 Å². The van der Waals surface area contributed by atoms with Crippen LogP contribution in [0, 0.1) is 0 Å². The van der Waals surface area contributed by atoms with E-state index in [9.17, 15) is 13.2 Å². The van der Waals surface area contributed by atoms with Gasteiger partial charge in [0.1, 0.15) is 12.4 Å². The Morgan fingerprint density at radius 3 is 2.06 bits per heavy atom. The van der Waals surface area contributed by atoms with Gasteiger partial charge >= 0.3 is 6.18 Å². The third-order valence-electron chi connectivity index (χ3n) is 5.22. The maximum atomic E-state index is 13.2. The molecule has 32 heavy (non-hydrogen) atoms. The Morgan fingerprint density at radius 2 is 1.47 bits per heavy atom. The Balaban J connectivity index is 1.85. The predicted molar refractivity (Wildman–Crippen MR) is 121 cm³/mol. The van der Waals surface area contributed by atoms with Crippen LogP contribution in [0.4, 0.5) is 13.2 Å². The molecule has 178 valence electrons. The van der Waals surface area contributed by atoms with Gasteiger partial charge in [-0.1, -0.05) is 52.4 Å². The van der Waals surface area contributed by atoms with Crippen molar-refractivity contribution in [3.63, 3.8) is 0 Å². The molecule has 0 aliphatic heterocycles. The van der Waals surface area contributed by atoms with Gasteiger partial charge in [-0.25, -0.2) is 9.97 Å². The molecule has 0 aliphatic carbocycles. The Bertz CT molecular complexity index is 749. The second-order valence-electron chi connectivity index (χ2n) is 8.02. The molecule has 7 heteroatoms. The number of aryl methyl sites for hydroxylation is 1. The maximum absolute atomic E-state index is 13.2. The minimum Gasteiger partial charge on any atom is -0.491 e. The van der Waals surface area contributed by atoms with Crippen LogP contribution >= 0.6 is 0 Å². The molecule has 0 N–H and O–H groups in total. The summed E-state index contributed by atoms with van der Waals surface area (Å²) in [6, 6.07) is 6.76. The lowest BCUT2D eigenvalue weighted by Gasteiger charge is -2.21. The van der Waals surface area contributed by atoms with Crippen molar-refractivity contribution in [1.29, 1.82) is 0 Å². The second-order valence-corrected chi connectivity index (χ2v) is 8.02. The van der Waals surface area contributed by atoms with Crippen molar-refractivity contribution in [1.82, 2.24) is 9.97 Å². The fourth-order valence-electron chi connectivity index (χ4n) is 3.25. The number of aromatic nitrogens is 2. The number of hydrogen-bond donors (Lipinski definition) is 0. The Labute approximate surface area is 189 Å². The fraction of sp³-hybridized carbons (Fsp3) is 0.600. The van der Waals surface area contributed by atoms with Gasteiger partial charge in [0, 0.05) is 24.6 Å². The topological polar surface area (TPSA) is 44.2 Å². The lowest BCUT2D eigenvalue weighted by Crippen LogP contribution is -2.37. The van der Waals surface area contributed by atoms with Crippen LogP contribution in [-0.2, 0) is 11.2 Å². The van der Waals surface area contributed by atoms with Crippen molar-refractivity contribution in [3.05, 3.63) is 42.2 Å². The maximum Gasteiger partial charge on any atom is 0.417 e. The molecule has 0 bridgehead atoms. The van der Waals surface area contributed by atoms with E-state index in [2.05, 4.69) is 23.8 Å². The van der Waals surface area contributed by atoms with Crippen LogP contribution in [0.25, 0.3) is 11.4 Å². The molecule has 1 unspecified atom stereocenters. The first kappa shape index (κ1) is 26.1. The summed E-state index contributed by atoms with van der Waals surface area (Å²) in [5.41, 5.74) is 1.90. The van der Waals surface area contributed by atoms with Gasteiger partial charge < -0.3 is 9.47 Å². The van der Waals surface area contributed by atoms with Gasteiger partial charge in [-0.05, 0) is 49.1 Å². The number of hydrogen-bond acceptors (Lipinski definition) is 4. The normalized spacial score (nSPS) is 12.7. The molecule has 1 aromatic heterocycles. The van der Waals surface area contributed by atoms with E-state index >= 15 is 0 Å². The van der Waals surface area contributed by atoms with E-state index in [-0.39, 0.29) is 6.61 Å².